The second kappa shape index (κ2) is 5.57. The number of halogens is 2. The second-order valence-electron chi connectivity index (χ2n) is 6.07. The molecule has 116 valence electrons. The third-order valence-corrected chi connectivity index (χ3v) is 4.99. The van der Waals surface area contributed by atoms with Crippen molar-refractivity contribution in [2.24, 2.45) is 5.41 Å². The van der Waals surface area contributed by atoms with Crippen LogP contribution in [0.5, 0.6) is 0 Å². The van der Waals surface area contributed by atoms with Gasteiger partial charge in [-0.1, -0.05) is 13.8 Å². The van der Waals surface area contributed by atoms with E-state index in [1.807, 2.05) is 13.8 Å². The van der Waals surface area contributed by atoms with Crippen LogP contribution >= 0.6 is 10.7 Å². The molecule has 1 aromatic rings. The Balaban J connectivity index is 2.35. The van der Waals surface area contributed by atoms with Gasteiger partial charge in [0.25, 0.3) is 15.0 Å². The van der Waals surface area contributed by atoms with Gasteiger partial charge in [0.2, 0.25) is 0 Å². The smallest absolute Gasteiger partial charge is 0.261 e. The lowest BCUT2D eigenvalue weighted by Gasteiger charge is -2.38. The zero-order valence-corrected chi connectivity index (χ0v) is 13.5. The predicted molar refractivity (Wildman–Crippen MR) is 78.4 cm³/mol. The van der Waals surface area contributed by atoms with Crippen molar-refractivity contribution >= 4 is 25.6 Å². The number of carbonyl (C=O) groups is 1. The molecule has 21 heavy (non-hydrogen) atoms. The molecule has 1 fully saturated rings. The summed E-state index contributed by atoms with van der Waals surface area (Å²) in [6.07, 6.45) is 1.84. The molecule has 0 aliphatic carbocycles. The molecule has 0 aromatic heterocycles. The maximum atomic E-state index is 13.9. The minimum atomic E-state index is -3.99. The van der Waals surface area contributed by atoms with Gasteiger partial charge in [-0.15, -0.1) is 0 Å². The number of carbonyl (C=O) groups excluding carboxylic acids is 1. The van der Waals surface area contributed by atoms with E-state index in [1.54, 1.807) is 4.90 Å². The van der Waals surface area contributed by atoms with Crippen molar-refractivity contribution in [1.82, 2.24) is 4.90 Å². The van der Waals surface area contributed by atoms with Gasteiger partial charge in [-0.25, -0.2) is 12.8 Å². The van der Waals surface area contributed by atoms with Crippen LogP contribution in [0.2, 0.25) is 0 Å². The van der Waals surface area contributed by atoms with Crippen molar-refractivity contribution < 1.29 is 17.6 Å². The highest BCUT2D eigenvalue weighted by molar-refractivity contribution is 8.13. The average molecular weight is 334 g/mol. The van der Waals surface area contributed by atoms with Gasteiger partial charge in [-0.2, -0.15) is 0 Å². The van der Waals surface area contributed by atoms with Crippen LogP contribution in [0.4, 0.5) is 4.39 Å². The summed E-state index contributed by atoms with van der Waals surface area (Å²) in [5.74, 6) is -1.24. The molecular formula is C14H17ClFNO3S. The average Bonchev–Trinajstić information content (AvgIpc) is 2.36. The monoisotopic (exact) mass is 333 g/mol. The number of nitrogens with zero attached hydrogens (tertiary/aromatic N) is 1. The molecule has 1 aromatic carbocycles. The third-order valence-electron chi connectivity index (χ3n) is 3.64. The van der Waals surface area contributed by atoms with Crippen LogP contribution in [0.25, 0.3) is 0 Å². The highest BCUT2D eigenvalue weighted by Gasteiger charge is 2.31. The molecule has 2 rings (SSSR count). The molecule has 0 bridgehead atoms. The molecular weight excluding hydrogens is 317 g/mol. The van der Waals surface area contributed by atoms with E-state index in [-0.39, 0.29) is 15.9 Å². The third kappa shape index (κ3) is 3.74. The van der Waals surface area contributed by atoms with E-state index in [0.29, 0.717) is 13.1 Å². The number of rotatable bonds is 2. The maximum absolute atomic E-state index is 13.9. The van der Waals surface area contributed by atoms with Crippen molar-refractivity contribution in [2.45, 2.75) is 31.6 Å². The van der Waals surface area contributed by atoms with Gasteiger partial charge in [0.05, 0.1) is 10.5 Å². The van der Waals surface area contributed by atoms with Gasteiger partial charge in [0.1, 0.15) is 5.82 Å². The van der Waals surface area contributed by atoms with Gasteiger partial charge < -0.3 is 4.90 Å². The van der Waals surface area contributed by atoms with Crippen molar-refractivity contribution in [3.63, 3.8) is 0 Å². The Morgan fingerprint density at radius 3 is 2.62 bits per heavy atom. The molecule has 1 aliphatic heterocycles. The number of amides is 1. The largest absolute Gasteiger partial charge is 0.338 e. The highest BCUT2D eigenvalue weighted by atomic mass is 35.7. The zero-order chi connectivity index (χ0) is 15.8. The summed E-state index contributed by atoms with van der Waals surface area (Å²) < 4.78 is 36.5. The topological polar surface area (TPSA) is 54.5 Å². The number of hydrogen-bond acceptors (Lipinski definition) is 3. The molecule has 4 nitrogen and oxygen atoms in total. The molecule has 1 saturated heterocycles. The number of hydrogen-bond donors (Lipinski definition) is 0. The Hall–Kier alpha value is -1.14. The van der Waals surface area contributed by atoms with Gasteiger partial charge in [-0.05, 0) is 36.5 Å². The summed E-state index contributed by atoms with van der Waals surface area (Å²) in [6, 6.07) is 3.01. The first-order valence-corrected chi connectivity index (χ1v) is 8.95. The van der Waals surface area contributed by atoms with Crippen LogP contribution in [0.3, 0.4) is 0 Å². The van der Waals surface area contributed by atoms with Crippen LogP contribution in [0.15, 0.2) is 23.1 Å². The Kier molecular flexibility index (Phi) is 4.31. The van der Waals surface area contributed by atoms with Crippen LogP contribution in [-0.2, 0) is 9.05 Å². The molecule has 0 unspecified atom stereocenters. The minimum Gasteiger partial charge on any atom is -0.338 e. The quantitative estimate of drug-likeness (QED) is 0.782. The summed E-state index contributed by atoms with van der Waals surface area (Å²) in [4.78, 5) is 13.7. The van der Waals surface area contributed by atoms with E-state index in [4.69, 9.17) is 10.7 Å². The Morgan fingerprint density at radius 1 is 1.38 bits per heavy atom. The van der Waals surface area contributed by atoms with E-state index < -0.39 is 20.8 Å². The lowest BCUT2D eigenvalue weighted by molar-refractivity contribution is 0.0578. The summed E-state index contributed by atoms with van der Waals surface area (Å²) in [7, 11) is 1.25. The van der Waals surface area contributed by atoms with E-state index in [0.717, 1.165) is 31.0 Å². The lowest BCUT2D eigenvalue weighted by atomic mass is 9.84. The molecule has 1 heterocycles. The first-order valence-electron chi connectivity index (χ1n) is 6.64. The van der Waals surface area contributed by atoms with E-state index >= 15 is 0 Å². The molecule has 7 heteroatoms. The molecule has 0 radical (unpaired) electrons. The zero-order valence-electron chi connectivity index (χ0n) is 11.9. The van der Waals surface area contributed by atoms with Crippen molar-refractivity contribution in [1.29, 1.82) is 0 Å². The number of likely N-dealkylation sites (tertiary alicyclic amines) is 1. The summed E-state index contributed by atoms with van der Waals surface area (Å²) >= 11 is 0. The normalized spacial score (nSPS) is 18.6. The summed E-state index contributed by atoms with van der Waals surface area (Å²) in [5, 5.41) is 0. The van der Waals surface area contributed by atoms with Gasteiger partial charge in [0.15, 0.2) is 0 Å². The van der Waals surface area contributed by atoms with Gasteiger partial charge in [0, 0.05) is 23.8 Å². The lowest BCUT2D eigenvalue weighted by Crippen LogP contribution is -2.43. The van der Waals surface area contributed by atoms with E-state index in [2.05, 4.69) is 0 Å². The predicted octanol–water partition coefficient (Wildman–Crippen LogP) is 3.02. The summed E-state index contributed by atoms with van der Waals surface area (Å²) in [6.45, 7) is 5.15. The van der Waals surface area contributed by atoms with E-state index in [1.165, 1.54) is 0 Å². The molecule has 1 amide bonds. The summed E-state index contributed by atoms with van der Waals surface area (Å²) in [5.41, 5.74) is -0.282. The first kappa shape index (κ1) is 16.2. The first-order chi connectivity index (χ1) is 9.60. The molecule has 0 atom stereocenters. The number of piperidine rings is 1. The molecule has 0 saturated carbocycles. The fourth-order valence-electron chi connectivity index (χ4n) is 2.59. The van der Waals surface area contributed by atoms with Crippen molar-refractivity contribution in [3.8, 4) is 0 Å². The number of benzene rings is 1. The van der Waals surface area contributed by atoms with Crippen LogP contribution in [0.1, 0.15) is 37.0 Å². The highest BCUT2D eigenvalue weighted by Crippen LogP contribution is 2.30. The molecule has 1 aliphatic rings. The Bertz CT molecular complexity index is 673. The Labute approximate surface area is 128 Å². The second-order valence-corrected chi connectivity index (χ2v) is 8.64. The maximum Gasteiger partial charge on any atom is 0.261 e. The van der Waals surface area contributed by atoms with Crippen molar-refractivity contribution in [2.75, 3.05) is 13.1 Å². The van der Waals surface area contributed by atoms with Gasteiger partial charge in [-0.3, -0.25) is 4.79 Å². The standard InChI is InChI=1S/C14H17ClFNO3S/c1-14(2)6-3-7-17(9-14)13(18)11-8-10(21(15,19)20)4-5-12(11)16/h4-5,8H,3,6-7,9H2,1-2H3. The fraction of sp³-hybridized carbons (Fsp3) is 0.500. The van der Waals surface area contributed by atoms with Gasteiger partial charge >= 0.3 is 0 Å². The van der Waals surface area contributed by atoms with Crippen LogP contribution in [-0.4, -0.2) is 32.3 Å². The van der Waals surface area contributed by atoms with Crippen LogP contribution in [0, 0.1) is 11.2 Å². The van der Waals surface area contributed by atoms with Crippen molar-refractivity contribution in [3.05, 3.63) is 29.6 Å². The van der Waals surface area contributed by atoms with Crippen LogP contribution < -0.4 is 0 Å². The Morgan fingerprint density at radius 2 is 2.05 bits per heavy atom. The van der Waals surface area contributed by atoms with E-state index in [9.17, 15) is 17.6 Å². The molecule has 0 N–H and O–H groups in total. The minimum absolute atomic E-state index is 0.0272. The molecule has 0 spiro atoms. The fourth-order valence-corrected chi connectivity index (χ4v) is 3.36. The SMILES string of the molecule is CC1(C)CCCN(C(=O)c2cc(S(=O)(=O)Cl)ccc2F)C1.